The van der Waals surface area contributed by atoms with E-state index >= 15 is 0 Å². The predicted molar refractivity (Wildman–Crippen MR) is 68.0 cm³/mol. The Morgan fingerprint density at radius 2 is 2.12 bits per heavy atom. The van der Waals surface area contributed by atoms with Crippen LogP contribution in [0.4, 0.5) is 0 Å². The van der Waals surface area contributed by atoms with Crippen molar-refractivity contribution >= 4 is 0 Å². The average Bonchev–Trinajstić information content (AvgIpc) is 2.39. The first-order chi connectivity index (χ1) is 8.22. The van der Waals surface area contributed by atoms with Gasteiger partial charge in [-0.15, -0.1) is 0 Å². The van der Waals surface area contributed by atoms with E-state index in [0.29, 0.717) is 12.1 Å². The number of nitrogens with zero attached hydrogens (tertiary/aromatic N) is 1. The Kier molecular flexibility index (Phi) is 4.42. The molecule has 2 heterocycles. The fraction of sp³-hybridized carbons (Fsp3) is 1.00. The molecular weight excluding hydrogens is 216 g/mol. The van der Waals surface area contributed by atoms with Crippen LogP contribution in [0, 0.1) is 0 Å². The van der Waals surface area contributed by atoms with E-state index in [4.69, 9.17) is 15.2 Å². The van der Waals surface area contributed by atoms with Gasteiger partial charge in [0.1, 0.15) is 0 Å². The fourth-order valence-corrected chi connectivity index (χ4v) is 3.41. The van der Waals surface area contributed by atoms with Crippen molar-refractivity contribution in [1.82, 2.24) is 4.90 Å². The minimum absolute atomic E-state index is 0.177. The van der Waals surface area contributed by atoms with Gasteiger partial charge < -0.3 is 15.2 Å². The molecule has 0 saturated carbocycles. The molecule has 0 spiro atoms. The van der Waals surface area contributed by atoms with Gasteiger partial charge in [0.05, 0.1) is 6.10 Å². The number of methoxy groups -OCH3 is 1. The van der Waals surface area contributed by atoms with Crippen LogP contribution in [0.1, 0.15) is 32.6 Å². The zero-order valence-corrected chi connectivity index (χ0v) is 11.2. The maximum absolute atomic E-state index is 6.07. The minimum atomic E-state index is 0.177. The molecule has 2 rings (SSSR count). The Morgan fingerprint density at radius 3 is 2.65 bits per heavy atom. The standard InChI is InChI=1S/C13H26N2O2/c1-11-9-12(16-2)3-6-15(11)13(10-14)4-7-17-8-5-13/h11-12H,3-10,14H2,1-2H3. The van der Waals surface area contributed by atoms with Gasteiger partial charge in [-0.05, 0) is 32.6 Å². The Hall–Kier alpha value is -0.160. The van der Waals surface area contributed by atoms with Crippen molar-refractivity contribution in [3.05, 3.63) is 0 Å². The van der Waals surface area contributed by atoms with Crippen LogP contribution in [0.2, 0.25) is 0 Å². The second kappa shape index (κ2) is 5.65. The van der Waals surface area contributed by atoms with Gasteiger partial charge >= 0.3 is 0 Å². The van der Waals surface area contributed by atoms with Crippen molar-refractivity contribution in [3.63, 3.8) is 0 Å². The lowest BCUT2D eigenvalue weighted by Gasteiger charge is -2.51. The van der Waals surface area contributed by atoms with Gasteiger partial charge in [0.25, 0.3) is 0 Å². The third-order valence-electron chi connectivity index (χ3n) is 4.57. The molecule has 0 aromatic heterocycles. The lowest BCUT2D eigenvalue weighted by atomic mass is 9.84. The van der Waals surface area contributed by atoms with Crippen molar-refractivity contribution in [2.75, 3.05) is 33.4 Å². The number of nitrogens with two attached hydrogens (primary N) is 1. The van der Waals surface area contributed by atoms with Crippen LogP contribution in [0.5, 0.6) is 0 Å². The highest BCUT2D eigenvalue weighted by molar-refractivity contribution is 4.98. The second-order valence-electron chi connectivity index (χ2n) is 5.47. The highest BCUT2D eigenvalue weighted by Crippen LogP contribution is 2.33. The summed E-state index contributed by atoms with van der Waals surface area (Å²) >= 11 is 0. The molecule has 0 aromatic carbocycles. The lowest BCUT2D eigenvalue weighted by molar-refractivity contribution is -0.0762. The molecule has 0 radical (unpaired) electrons. The summed E-state index contributed by atoms with van der Waals surface area (Å²) in [6.07, 6.45) is 4.83. The molecule has 2 atom stereocenters. The SMILES string of the molecule is COC1CCN(C2(CN)CCOCC2)C(C)C1. The third-order valence-corrected chi connectivity index (χ3v) is 4.57. The third kappa shape index (κ3) is 2.65. The summed E-state index contributed by atoms with van der Waals surface area (Å²) in [5, 5.41) is 0. The Morgan fingerprint density at radius 1 is 1.41 bits per heavy atom. The molecule has 2 fully saturated rings. The summed E-state index contributed by atoms with van der Waals surface area (Å²) in [5.41, 5.74) is 6.25. The number of ether oxygens (including phenoxy) is 2. The summed E-state index contributed by atoms with van der Waals surface area (Å²) in [6.45, 7) is 5.87. The van der Waals surface area contributed by atoms with Crippen LogP contribution in [0.15, 0.2) is 0 Å². The smallest absolute Gasteiger partial charge is 0.0598 e. The van der Waals surface area contributed by atoms with Crippen molar-refractivity contribution < 1.29 is 9.47 Å². The predicted octanol–water partition coefficient (Wildman–Crippen LogP) is 0.994. The Bertz CT molecular complexity index is 242. The molecule has 0 aromatic rings. The molecule has 100 valence electrons. The van der Waals surface area contributed by atoms with E-state index in [1.165, 1.54) is 0 Å². The average molecular weight is 242 g/mol. The van der Waals surface area contributed by atoms with Gasteiger partial charge in [0, 0.05) is 45.0 Å². The Labute approximate surface area is 104 Å². The number of hydrogen-bond acceptors (Lipinski definition) is 4. The van der Waals surface area contributed by atoms with Crippen LogP contribution >= 0.6 is 0 Å². The first-order valence-electron chi connectivity index (χ1n) is 6.79. The number of piperidine rings is 1. The highest BCUT2D eigenvalue weighted by Gasteiger charge is 2.41. The second-order valence-corrected chi connectivity index (χ2v) is 5.47. The quantitative estimate of drug-likeness (QED) is 0.802. The van der Waals surface area contributed by atoms with Crippen molar-refractivity contribution in [2.24, 2.45) is 5.73 Å². The first kappa shape index (κ1) is 13.3. The molecule has 0 amide bonds. The normalized spacial score (nSPS) is 34.8. The van der Waals surface area contributed by atoms with Crippen LogP contribution in [0.25, 0.3) is 0 Å². The minimum Gasteiger partial charge on any atom is -0.381 e. The maximum Gasteiger partial charge on any atom is 0.0598 e. The molecule has 2 unspecified atom stereocenters. The van der Waals surface area contributed by atoms with Crippen molar-refractivity contribution in [2.45, 2.75) is 50.3 Å². The van der Waals surface area contributed by atoms with E-state index < -0.39 is 0 Å². The summed E-state index contributed by atoms with van der Waals surface area (Å²) in [4.78, 5) is 2.62. The monoisotopic (exact) mass is 242 g/mol. The number of hydrogen-bond donors (Lipinski definition) is 1. The van der Waals surface area contributed by atoms with Crippen LogP contribution in [0.3, 0.4) is 0 Å². The Balaban J connectivity index is 2.04. The lowest BCUT2D eigenvalue weighted by Crippen LogP contribution is -2.62. The zero-order chi connectivity index (χ0) is 12.3. The molecule has 4 nitrogen and oxygen atoms in total. The van der Waals surface area contributed by atoms with Gasteiger partial charge in [-0.2, -0.15) is 0 Å². The van der Waals surface area contributed by atoms with E-state index in [2.05, 4.69) is 11.8 Å². The molecule has 17 heavy (non-hydrogen) atoms. The van der Waals surface area contributed by atoms with Crippen molar-refractivity contribution in [1.29, 1.82) is 0 Å². The van der Waals surface area contributed by atoms with Gasteiger partial charge in [0.2, 0.25) is 0 Å². The van der Waals surface area contributed by atoms with E-state index in [1.54, 1.807) is 0 Å². The molecular formula is C13H26N2O2. The van der Waals surface area contributed by atoms with Gasteiger partial charge in [-0.1, -0.05) is 0 Å². The molecule has 2 aliphatic heterocycles. The molecule has 2 N–H and O–H groups in total. The van der Waals surface area contributed by atoms with Gasteiger partial charge in [0.15, 0.2) is 0 Å². The first-order valence-corrected chi connectivity index (χ1v) is 6.79. The summed E-state index contributed by atoms with van der Waals surface area (Å²) < 4.78 is 11.0. The molecule has 0 aliphatic carbocycles. The maximum atomic E-state index is 6.07. The largest absolute Gasteiger partial charge is 0.381 e. The van der Waals surface area contributed by atoms with Gasteiger partial charge in [-0.3, -0.25) is 4.90 Å². The molecule has 0 bridgehead atoms. The molecule has 4 heteroatoms. The summed E-state index contributed by atoms with van der Waals surface area (Å²) in [6, 6.07) is 0.565. The highest BCUT2D eigenvalue weighted by atomic mass is 16.5. The van der Waals surface area contributed by atoms with E-state index in [1.807, 2.05) is 7.11 Å². The van der Waals surface area contributed by atoms with Gasteiger partial charge in [-0.25, -0.2) is 0 Å². The summed E-state index contributed by atoms with van der Waals surface area (Å²) in [7, 11) is 1.82. The molecule has 2 saturated heterocycles. The van der Waals surface area contributed by atoms with E-state index in [0.717, 1.165) is 52.0 Å². The van der Waals surface area contributed by atoms with E-state index in [-0.39, 0.29) is 5.54 Å². The zero-order valence-electron chi connectivity index (χ0n) is 11.2. The topological polar surface area (TPSA) is 47.7 Å². The van der Waals surface area contributed by atoms with Crippen LogP contribution < -0.4 is 5.73 Å². The summed E-state index contributed by atoms with van der Waals surface area (Å²) in [5.74, 6) is 0. The fourth-order valence-electron chi connectivity index (χ4n) is 3.41. The van der Waals surface area contributed by atoms with Crippen molar-refractivity contribution in [3.8, 4) is 0 Å². The number of likely N-dealkylation sites (tertiary alicyclic amines) is 1. The van der Waals surface area contributed by atoms with E-state index in [9.17, 15) is 0 Å². The van der Waals surface area contributed by atoms with Crippen LogP contribution in [-0.4, -0.2) is 56.0 Å². The van der Waals surface area contributed by atoms with Crippen LogP contribution in [-0.2, 0) is 9.47 Å². The molecule has 2 aliphatic rings. The number of rotatable bonds is 3.